The second-order valence-electron chi connectivity index (χ2n) is 3.60. The maximum atomic E-state index is 10.2. The summed E-state index contributed by atoms with van der Waals surface area (Å²) in [7, 11) is 1.33. The predicted molar refractivity (Wildman–Crippen MR) is 60.8 cm³/mol. The number of carbonyl (C=O) groups is 1. The Morgan fingerprint density at radius 2 is 1.62 bits per heavy atom. The molecule has 0 aliphatic carbocycles. The predicted octanol–water partition coefficient (Wildman–Crippen LogP) is 0.0952. The second-order valence-corrected chi connectivity index (χ2v) is 3.60. The van der Waals surface area contributed by atoms with Crippen LogP contribution < -0.4 is 0 Å². The van der Waals surface area contributed by atoms with Gasteiger partial charge in [-0.2, -0.15) is 0 Å². The molecule has 0 radical (unpaired) electrons. The van der Waals surface area contributed by atoms with Crippen LogP contribution in [0.2, 0.25) is 0 Å². The first-order valence-electron chi connectivity index (χ1n) is 4.99. The van der Waals surface area contributed by atoms with Crippen LogP contribution in [0, 0.1) is 5.41 Å². The molecule has 0 fully saturated rings. The topological polar surface area (TPSA) is 87.0 Å². The monoisotopic (exact) mass is 234 g/mol. The molecule has 0 unspecified atom stereocenters. The lowest BCUT2D eigenvalue weighted by Crippen LogP contribution is -2.32. The lowest BCUT2D eigenvalue weighted by molar-refractivity contribution is -0.136. The highest BCUT2D eigenvalue weighted by atomic mass is 16.5. The third kappa shape index (κ3) is 6.55. The number of ether oxygens (including phenoxy) is 1. The minimum Gasteiger partial charge on any atom is -0.466 e. The van der Waals surface area contributed by atoms with Crippen LogP contribution in [0.25, 0.3) is 0 Å². The third-order valence-electron chi connectivity index (χ3n) is 2.29. The van der Waals surface area contributed by atoms with Crippen molar-refractivity contribution in [3.63, 3.8) is 0 Å². The Bertz CT molecular complexity index is 191. The molecule has 0 aromatic rings. The molecule has 0 bridgehead atoms. The van der Waals surface area contributed by atoms with Gasteiger partial charge in [-0.25, -0.2) is 4.79 Å². The Morgan fingerprint density at radius 3 is 1.62 bits per heavy atom. The van der Waals surface area contributed by atoms with Gasteiger partial charge in [0.25, 0.3) is 0 Å². The molecule has 0 amide bonds. The fourth-order valence-electron chi connectivity index (χ4n) is 0.660. The maximum Gasteiger partial charge on any atom is 0.332 e. The van der Waals surface area contributed by atoms with Crippen LogP contribution in [0.4, 0.5) is 0 Å². The smallest absolute Gasteiger partial charge is 0.332 e. The van der Waals surface area contributed by atoms with Crippen molar-refractivity contribution in [2.45, 2.75) is 20.3 Å². The summed E-state index contributed by atoms with van der Waals surface area (Å²) >= 11 is 0. The molecule has 3 N–H and O–H groups in total. The van der Waals surface area contributed by atoms with Gasteiger partial charge in [-0.15, -0.1) is 0 Å². The highest BCUT2D eigenvalue weighted by molar-refractivity contribution is 5.86. The van der Waals surface area contributed by atoms with Gasteiger partial charge in [-0.05, 0) is 13.3 Å². The van der Waals surface area contributed by atoms with E-state index in [0.717, 1.165) is 0 Å². The minimum atomic E-state index is -0.667. The maximum absolute atomic E-state index is 10.2. The zero-order valence-electron chi connectivity index (χ0n) is 10.2. The average Bonchev–Trinajstić information content (AvgIpc) is 2.32. The van der Waals surface area contributed by atoms with Crippen molar-refractivity contribution in [3.8, 4) is 0 Å². The molecule has 96 valence electrons. The van der Waals surface area contributed by atoms with Gasteiger partial charge in [-0.1, -0.05) is 13.5 Å². The van der Waals surface area contributed by atoms with Gasteiger partial charge in [0.2, 0.25) is 0 Å². The highest BCUT2D eigenvalue weighted by Crippen LogP contribution is 2.18. The largest absolute Gasteiger partial charge is 0.466 e. The summed E-state index contributed by atoms with van der Waals surface area (Å²) in [6.45, 7) is 6.31. The molecule has 5 nitrogen and oxygen atoms in total. The first kappa shape index (κ1) is 17.5. The summed E-state index contributed by atoms with van der Waals surface area (Å²) in [5, 5.41) is 26.0. The summed E-state index contributed by atoms with van der Waals surface area (Å²) in [5.74, 6) is -0.347. The molecular weight excluding hydrogens is 212 g/mol. The zero-order valence-corrected chi connectivity index (χ0v) is 10.2. The average molecular weight is 234 g/mol. The molecule has 16 heavy (non-hydrogen) atoms. The van der Waals surface area contributed by atoms with E-state index in [1.165, 1.54) is 7.11 Å². The van der Waals surface area contributed by atoms with Crippen molar-refractivity contribution in [1.29, 1.82) is 0 Å². The van der Waals surface area contributed by atoms with Crippen molar-refractivity contribution < 1.29 is 24.9 Å². The molecule has 5 heteroatoms. The molecule has 0 saturated carbocycles. The molecule has 0 heterocycles. The Kier molecular flexibility index (Phi) is 10.2. The molecule has 0 spiro atoms. The number of hydrogen-bond donors (Lipinski definition) is 3. The van der Waals surface area contributed by atoms with Crippen molar-refractivity contribution in [2.24, 2.45) is 5.41 Å². The van der Waals surface area contributed by atoms with Crippen molar-refractivity contribution in [1.82, 2.24) is 0 Å². The minimum absolute atomic E-state index is 0.156. The number of methoxy groups -OCH3 is 1. The molecule has 0 aromatic carbocycles. The fourth-order valence-corrected chi connectivity index (χ4v) is 0.660. The number of rotatable bonds is 5. The summed E-state index contributed by atoms with van der Waals surface area (Å²) in [4.78, 5) is 10.2. The Hall–Kier alpha value is -0.910. The van der Waals surface area contributed by atoms with E-state index in [-0.39, 0.29) is 25.8 Å². The molecule has 0 aliphatic rings. The van der Waals surface area contributed by atoms with Gasteiger partial charge in [0.05, 0.1) is 26.9 Å². The van der Waals surface area contributed by atoms with Crippen LogP contribution in [-0.4, -0.2) is 48.2 Å². The molecule has 0 aliphatic heterocycles. The number of aliphatic hydroxyl groups is 3. The van der Waals surface area contributed by atoms with Crippen molar-refractivity contribution in [3.05, 3.63) is 12.2 Å². The first-order valence-corrected chi connectivity index (χ1v) is 4.99. The lowest BCUT2D eigenvalue weighted by atomic mass is 9.88. The van der Waals surface area contributed by atoms with E-state index in [1.54, 1.807) is 6.92 Å². The highest BCUT2D eigenvalue weighted by Gasteiger charge is 2.24. The molecule has 0 rings (SSSR count). The number of carbonyl (C=O) groups excluding carboxylic acids is 1. The summed E-state index contributed by atoms with van der Waals surface area (Å²) in [6, 6.07) is 0. The first-order chi connectivity index (χ1) is 7.42. The van der Waals surface area contributed by atoms with Crippen molar-refractivity contribution >= 4 is 5.97 Å². The van der Waals surface area contributed by atoms with Gasteiger partial charge in [0.1, 0.15) is 0 Å². The molecular formula is C11H22O5. The van der Waals surface area contributed by atoms with Crippen LogP contribution in [0.3, 0.4) is 0 Å². The molecule has 0 aromatic heterocycles. The lowest BCUT2D eigenvalue weighted by Gasteiger charge is -2.24. The number of esters is 1. The SMILES string of the molecule is C=C(C)C(=O)OC.CCC(CO)(CO)CO. The quantitative estimate of drug-likeness (QED) is 0.464. The van der Waals surface area contributed by atoms with Crippen LogP contribution in [0.5, 0.6) is 0 Å². The van der Waals surface area contributed by atoms with E-state index < -0.39 is 5.41 Å². The van der Waals surface area contributed by atoms with Crippen LogP contribution in [0.1, 0.15) is 20.3 Å². The van der Waals surface area contributed by atoms with E-state index in [2.05, 4.69) is 11.3 Å². The van der Waals surface area contributed by atoms with E-state index >= 15 is 0 Å². The van der Waals surface area contributed by atoms with Gasteiger partial charge in [0.15, 0.2) is 0 Å². The Balaban J connectivity index is 0. The Morgan fingerprint density at radius 1 is 1.25 bits per heavy atom. The van der Waals surface area contributed by atoms with Gasteiger partial charge < -0.3 is 20.1 Å². The van der Waals surface area contributed by atoms with Gasteiger partial charge >= 0.3 is 5.97 Å². The van der Waals surface area contributed by atoms with E-state index in [1.807, 2.05) is 6.92 Å². The second kappa shape index (κ2) is 9.33. The third-order valence-corrected chi connectivity index (χ3v) is 2.29. The molecule has 0 saturated heterocycles. The summed E-state index contributed by atoms with van der Waals surface area (Å²) in [5.41, 5.74) is -0.234. The molecule has 0 atom stereocenters. The van der Waals surface area contributed by atoms with E-state index in [0.29, 0.717) is 12.0 Å². The zero-order chi connectivity index (χ0) is 13.2. The number of aliphatic hydroxyl groups excluding tert-OH is 3. The Labute approximate surface area is 96.4 Å². The summed E-state index contributed by atoms with van der Waals surface area (Å²) in [6.07, 6.45) is 0.594. The fraction of sp³-hybridized carbons (Fsp3) is 0.727. The van der Waals surface area contributed by atoms with Gasteiger partial charge in [0, 0.05) is 11.0 Å². The normalized spacial score (nSPS) is 10.1. The number of hydrogen-bond acceptors (Lipinski definition) is 5. The van der Waals surface area contributed by atoms with Crippen molar-refractivity contribution in [2.75, 3.05) is 26.9 Å². The van der Waals surface area contributed by atoms with E-state index in [4.69, 9.17) is 15.3 Å². The van der Waals surface area contributed by atoms with E-state index in [9.17, 15) is 4.79 Å². The van der Waals surface area contributed by atoms with Gasteiger partial charge in [-0.3, -0.25) is 0 Å². The van der Waals surface area contributed by atoms with Crippen LogP contribution >= 0.6 is 0 Å². The van der Waals surface area contributed by atoms with Crippen LogP contribution in [0.15, 0.2) is 12.2 Å². The standard InChI is InChI=1S/C6H14O3.C5H8O2/c1-2-6(3-7,4-8)5-9;1-4(2)5(6)7-3/h7-9H,2-5H2,1H3;1H2,2-3H3. The summed E-state index contributed by atoms with van der Waals surface area (Å²) < 4.78 is 4.27. The van der Waals surface area contributed by atoms with Crippen LogP contribution in [-0.2, 0) is 9.53 Å².